The first-order valence-electron chi connectivity index (χ1n) is 3.03. The summed E-state index contributed by atoms with van der Waals surface area (Å²) in [5.41, 5.74) is -1.69. The Hall–Kier alpha value is -0.710. The molecule has 0 amide bonds. The second kappa shape index (κ2) is 3.61. The van der Waals surface area contributed by atoms with Gasteiger partial charge < -0.3 is 10.2 Å². The Morgan fingerprint density at radius 3 is 1.82 bits per heavy atom. The number of carbonyl (C=O) groups is 2. The fraction of sp³-hybridized carbons (Fsp3) is 0.667. The molecule has 0 aromatic carbocycles. The predicted octanol–water partition coefficient (Wildman–Crippen LogP) is 0.482. The average Bonchev–Trinajstić information content (AvgIpc) is 1.87. The van der Waals surface area contributed by atoms with Crippen LogP contribution in [0, 0.1) is 5.41 Å². The fourth-order valence-corrected chi connectivity index (χ4v) is 0.976. The van der Waals surface area contributed by atoms with Crippen molar-refractivity contribution in [1.29, 1.82) is 0 Å². The SMILES string of the molecule is CC(CCS)(C(=O)O)C(=O)O. The van der Waals surface area contributed by atoms with Crippen molar-refractivity contribution >= 4 is 24.6 Å². The van der Waals surface area contributed by atoms with E-state index in [-0.39, 0.29) is 12.2 Å². The normalized spacial score (nSPS) is 11.1. The van der Waals surface area contributed by atoms with Crippen LogP contribution in [-0.4, -0.2) is 27.9 Å². The van der Waals surface area contributed by atoms with Gasteiger partial charge in [-0.05, 0) is 19.1 Å². The van der Waals surface area contributed by atoms with Crippen LogP contribution < -0.4 is 0 Å². The molecular weight excluding hydrogens is 168 g/mol. The van der Waals surface area contributed by atoms with E-state index in [1.165, 1.54) is 6.92 Å². The Morgan fingerprint density at radius 2 is 1.73 bits per heavy atom. The van der Waals surface area contributed by atoms with Crippen molar-refractivity contribution in [2.75, 3.05) is 5.75 Å². The number of rotatable bonds is 4. The summed E-state index contributed by atoms with van der Waals surface area (Å²) in [6, 6.07) is 0. The minimum atomic E-state index is -1.69. The largest absolute Gasteiger partial charge is 0.480 e. The Balaban J connectivity index is 4.52. The van der Waals surface area contributed by atoms with Crippen LogP contribution in [0.15, 0.2) is 0 Å². The van der Waals surface area contributed by atoms with Gasteiger partial charge in [0.05, 0.1) is 0 Å². The Kier molecular flexibility index (Phi) is 3.38. The molecule has 0 aromatic heterocycles. The predicted molar refractivity (Wildman–Crippen MR) is 41.8 cm³/mol. The van der Waals surface area contributed by atoms with Gasteiger partial charge in [0, 0.05) is 0 Å². The van der Waals surface area contributed by atoms with E-state index in [0.717, 1.165) is 0 Å². The van der Waals surface area contributed by atoms with Crippen molar-refractivity contribution in [3.8, 4) is 0 Å². The zero-order valence-electron chi connectivity index (χ0n) is 6.07. The lowest BCUT2D eigenvalue weighted by molar-refractivity contribution is -0.163. The molecule has 0 rings (SSSR count). The third kappa shape index (κ3) is 2.11. The van der Waals surface area contributed by atoms with E-state index in [2.05, 4.69) is 12.6 Å². The second-order valence-corrected chi connectivity index (χ2v) is 2.86. The molecule has 0 aliphatic heterocycles. The molecule has 0 unspecified atom stereocenters. The molecule has 0 aliphatic rings. The highest BCUT2D eigenvalue weighted by atomic mass is 32.1. The van der Waals surface area contributed by atoms with Crippen LogP contribution in [0.2, 0.25) is 0 Å². The third-order valence-electron chi connectivity index (χ3n) is 1.56. The van der Waals surface area contributed by atoms with Gasteiger partial charge in [0.25, 0.3) is 0 Å². The monoisotopic (exact) mass is 178 g/mol. The lowest BCUT2D eigenvalue weighted by atomic mass is 9.88. The van der Waals surface area contributed by atoms with Crippen LogP contribution in [0.5, 0.6) is 0 Å². The van der Waals surface area contributed by atoms with E-state index < -0.39 is 17.4 Å². The maximum absolute atomic E-state index is 10.4. The zero-order valence-corrected chi connectivity index (χ0v) is 6.97. The van der Waals surface area contributed by atoms with Gasteiger partial charge in [-0.3, -0.25) is 9.59 Å². The molecule has 0 saturated carbocycles. The first-order chi connectivity index (χ1) is 4.95. The standard InChI is InChI=1S/C6H10O4S/c1-6(2-3-11,4(7)8)5(9)10/h11H,2-3H2,1H3,(H,7,8)(H,9,10). The van der Waals surface area contributed by atoms with Crippen molar-refractivity contribution in [2.45, 2.75) is 13.3 Å². The van der Waals surface area contributed by atoms with Gasteiger partial charge in [-0.1, -0.05) is 0 Å². The van der Waals surface area contributed by atoms with Gasteiger partial charge >= 0.3 is 11.9 Å². The summed E-state index contributed by atoms with van der Waals surface area (Å²) in [7, 11) is 0. The van der Waals surface area contributed by atoms with Crippen molar-refractivity contribution in [2.24, 2.45) is 5.41 Å². The third-order valence-corrected chi connectivity index (χ3v) is 1.78. The minimum Gasteiger partial charge on any atom is -0.480 e. The Bertz CT molecular complexity index is 163. The van der Waals surface area contributed by atoms with Gasteiger partial charge in [0.1, 0.15) is 0 Å². The molecule has 0 fully saturated rings. The number of carboxylic acids is 2. The van der Waals surface area contributed by atoms with E-state index in [9.17, 15) is 9.59 Å². The summed E-state index contributed by atoms with van der Waals surface area (Å²) in [6.07, 6.45) is 0.0285. The summed E-state index contributed by atoms with van der Waals surface area (Å²) in [4.78, 5) is 20.9. The molecule has 0 spiro atoms. The molecule has 11 heavy (non-hydrogen) atoms. The molecule has 0 saturated heterocycles. The zero-order chi connectivity index (χ0) is 9.07. The van der Waals surface area contributed by atoms with E-state index in [0.29, 0.717) is 0 Å². The Labute approximate surface area is 69.6 Å². The fourth-order valence-electron chi connectivity index (χ4n) is 0.529. The van der Waals surface area contributed by atoms with Crippen LogP contribution in [-0.2, 0) is 9.59 Å². The number of carboxylic acid groups (broad SMARTS) is 2. The summed E-state index contributed by atoms with van der Waals surface area (Å²) in [6.45, 7) is 1.17. The number of aliphatic carboxylic acids is 2. The summed E-state index contributed by atoms with van der Waals surface area (Å²) in [5.74, 6) is -2.40. The van der Waals surface area contributed by atoms with E-state index >= 15 is 0 Å². The van der Waals surface area contributed by atoms with E-state index in [4.69, 9.17) is 10.2 Å². The molecule has 0 bridgehead atoms. The summed E-state index contributed by atoms with van der Waals surface area (Å²) < 4.78 is 0. The molecule has 4 nitrogen and oxygen atoms in total. The maximum atomic E-state index is 10.4. The van der Waals surface area contributed by atoms with Crippen LogP contribution in [0.1, 0.15) is 13.3 Å². The van der Waals surface area contributed by atoms with Crippen LogP contribution >= 0.6 is 12.6 Å². The number of hydrogen-bond donors (Lipinski definition) is 3. The van der Waals surface area contributed by atoms with Crippen molar-refractivity contribution in [3.05, 3.63) is 0 Å². The van der Waals surface area contributed by atoms with Crippen LogP contribution in [0.25, 0.3) is 0 Å². The smallest absolute Gasteiger partial charge is 0.320 e. The highest BCUT2D eigenvalue weighted by Gasteiger charge is 2.40. The molecule has 0 aliphatic carbocycles. The molecule has 0 atom stereocenters. The summed E-state index contributed by atoms with van der Waals surface area (Å²) >= 11 is 3.78. The van der Waals surface area contributed by atoms with Gasteiger partial charge in [0.2, 0.25) is 0 Å². The highest BCUT2D eigenvalue weighted by Crippen LogP contribution is 2.22. The van der Waals surface area contributed by atoms with Crippen molar-refractivity contribution in [1.82, 2.24) is 0 Å². The first-order valence-corrected chi connectivity index (χ1v) is 3.66. The number of hydrogen-bond acceptors (Lipinski definition) is 3. The van der Waals surface area contributed by atoms with Gasteiger partial charge in [-0.25, -0.2) is 0 Å². The topological polar surface area (TPSA) is 74.6 Å². The highest BCUT2D eigenvalue weighted by molar-refractivity contribution is 7.80. The molecule has 5 heteroatoms. The van der Waals surface area contributed by atoms with Gasteiger partial charge in [0.15, 0.2) is 5.41 Å². The minimum absolute atomic E-state index is 0.0285. The second-order valence-electron chi connectivity index (χ2n) is 2.42. The summed E-state index contributed by atoms with van der Waals surface area (Å²) in [5, 5.41) is 17.0. The maximum Gasteiger partial charge on any atom is 0.320 e. The lowest BCUT2D eigenvalue weighted by Crippen LogP contribution is -2.36. The quantitative estimate of drug-likeness (QED) is 0.432. The van der Waals surface area contributed by atoms with Crippen molar-refractivity contribution in [3.63, 3.8) is 0 Å². The van der Waals surface area contributed by atoms with Crippen LogP contribution in [0.3, 0.4) is 0 Å². The molecule has 0 radical (unpaired) electrons. The molecule has 0 heterocycles. The Morgan fingerprint density at radius 1 is 1.36 bits per heavy atom. The van der Waals surface area contributed by atoms with E-state index in [1.54, 1.807) is 0 Å². The first kappa shape index (κ1) is 10.3. The molecule has 64 valence electrons. The van der Waals surface area contributed by atoms with Crippen LogP contribution in [0.4, 0.5) is 0 Å². The van der Waals surface area contributed by atoms with E-state index in [1.807, 2.05) is 0 Å². The van der Waals surface area contributed by atoms with Gasteiger partial charge in [-0.15, -0.1) is 0 Å². The average molecular weight is 178 g/mol. The van der Waals surface area contributed by atoms with Gasteiger partial charge in [-0.2, -0.15) is 12.6 Å². The molecular formula is C6H10O4S. The van der Waals surface area contributed by atoms with Crippen molar-refractivity contribution < 1.29 is 19.8 Å². The lowest BCUT2D eigenvalue weighted by Gasteiger charge is -2.17. The molecule has 0 aromatic rings. The number of thiol groups is 1. The molecule has 2 N–H and O–H groups in total.